The summed E-state index contributed by atoms with van der Waals surface area (Å²) in [5.41, 5.74) is 3.12. The number of para-hydroxylation sites is 1. The van der Waals surface area contributed by atoms with Crippen molar-refractivity contribution in [2.75, 3.05) is 12.4 Å². The van der Waals surface area contributed by atoms with E-state index >= 15 is 0 Å². The number of aromatic nitrogens is 3. The normalized spacial score (nSPS) is 10.8. The van der Waals surface area contributed by atoms with Gasteiger partial charge in [0.2, 0.25) is 0 Å². The minimum Gasteiger partial charge on any atom is -0.363 e. The van der Waals surface area contributed by atoms with Crippen LogP contribution >= 0.6 is 0 Å². The molecule has 0 bridgehead atoms. The lowest BCUT2D eigenvalue weighted by atomic mass is 10.2. The standard InChI is InChI=1S/C22H21N5O2/c1-15-11-19(29-26-15)13-24-21-10-8-17(12-23-21)22(28)27(2)14-18-9-7-16-5-3-4-6-20(16)25-18/h3-12H,13-14H2,1-2H3,(H,23,24). The quantitative estimate of drug-likeness (QED) is 0.542. The Balaban J connectivity index is 1.38. The summed E-state index contributed by atoms with van der Waals surface area (Å²) in [6.45, 7) is 2.78. The number of carbonyl (C=O) groups excluding carboxylic acids is 1. The van der Waals surface area contributed by atoms with Gasteiger partial charge in [-0.3, -0.25) is 9.78 Å². The van der Waals surface area contributed by atoms with Gasteiger partial charge in [0.1, 0.15) is 5.82 Å². The third-order valence-corrected chi connectivity index (χ3v) is 4.53. The lowest BCUT2D eigenvalue weighted by Crippen LogP contribution is -2.26. The SMILES string of the molecule is Cc1cc(CNc2ccc(C(=O)N(C)Cc3ccc4ccccc4n3)cn2)on1. The fraction of sp³-hybridized carbons (Fsp3) is 0.182. The average molecular weight is 387 g/mol. The van der Waals surface area contributed by atoms with Gasteiger partial charge in [-0.05, 0) is 31.2 Å². The number of nitrogens with one attached hydrogen (secondary N) is 1. The molecule has 7 nitrogen and oxygen atoms in total. The number of anilines is 1. The molecule has 3 heterocycles. The fourth-order valence-electron chi connectivity index (χ4n) is 3.03. The van der Waals surface area contributed by atoms with Crippen molar-refractivity contribution in [3.05, 3.63) is 83.5 Å². The Morgan fingerprint density at radius 3 is 2.76 bits per heavy atom. The monoisotopic (exact) mass is 387 g/mol. The van der Waals surface area contributed by atoms with Crippen molar-refractivity contribution in [2.24, 2.45) is 0 Å². The van der Waals surface area contributed by atoms with Crippen molar-refractivity contribution in [2.45, 2.75) is 20.0 Å². The van der Waals surface area contributed by atoms with Crippen molar-refractivity contribution in [3.63, 3.8) is 0 Å². The van der Waals surface area contributed by atoms with E-state index in [1.807, 2.05) is 49.4 Å². The molecule has 1 amide bonds. The maximum Gasteiger partial charge on any atom is 0.255 e. The lowest BCUT2D eigenvalue weighted by Gasteiger charge is -2.17. The van der Waals surface area contributed by atoms with E-state index in [2.05, 4.69) is 20.4 Å². The average Bonchev–Trinajstić information content (AvgIpc) is 3.17. The number of pyridine rings is 2. The Morgan fingerprint density at radius 2 is 2.00 bits per heavy atom. The van der Waals surface area contributed by atoms with E-state index in [9.17, 15) is 4.79 Å². The van der Waals surface area contributed by atoms with Crippen LogP contribution in [0.3, 0.4) is 0 Å². The topological polar surface area (TPSA) is 84.2 Å². The Bertz CT molecular complexity index is 1140. The Morgan fingerprint density at radius 1 is 1.14 bits per heavy atom. The lowest BCUT2D eigenvalue weighted by molar-refractivity contribution is 0.0783. The molecule has 0 aliphatic heterocycles. The van der Waals surface area contributed by atoms with E-state index in [1.54, 1.807) is 30.3 Å². The molecule has 0 saturated carbocycles. The molecular weight excluding hydrogens is 366 g/mol. The van der Waals surface area contributed by atoms with E-state index in [4.69, 9.17) is 4.52 Å². The molecule has 3 aromatic heterocycles. The number of amides is 1. The summed E-state index contributed by atoms with van der Waals surface area (Å²) in [6, 6.07) is 17.3. The Kier molecular flexibility index (Phi) is 5.20. The number of rotatable bonds is 6. The zero-order chi connectivity index (χ0) is 20.2. The zero-order valence-electron chi connectivity index (χ0n) is 16.3. The predicted molar refractivity (Wildman–Crippen MR) is 110 cm³/mol. The van der Waals surface area contributed by atoms with Crippen LogP contribution in [-0.4, -0.2) is 33.0 Å². The molecule has 4 rings (SSSR count). The minimum atomic E-state index is -0.107. The number of carbonyl (C=O) groups is 1. The van der Waals surface area contributed by atoms with Crippen molar-refractivity contribution in [1.29, 1.82) is 0 Å². The Labute approximate surface area is 168 Å². The summed E-state index contributed by atoms with van der Waals surface area (Å²) >= 11 is 0. The number of fused-ring (bicyclic) bond motifs is 1. The van der Waals surface area contributed by atoms with Crippen LogP contribution in [0.5, 0.6) is 0 Å². The molecule has 0 spiro atoms. The summed E-state index contributed by atoms with van der Waals surface area (Å²) in [7, 11) is 1.76. The van der Waals surface area contributed by atoms with Crippen LogP contribution in [0, 0.1) is 6.92 Å². The summed E-state index contributed by atoms with van der Waals surface area (Å²) in [5, 5.41) is 8.07. The maximum absolute atomic E-state index is 12.7. The second-order valence-corrected chi connectivity index (χ2v) is 6.88. The van der Waals surface area contributed by atoms with Gasteiger partial charge in [-0.25, -0.2) is 4.98 Å². The van der Waals surface area contributed by atoms with Crippen molar-refractivity contribution in [3.8, 4) is 0 Å². The highest BCUT2D eigenvalue weighted by molar-refractivity contribution is 5.93. The first kappa shape index (κ1) is 18.6. The van der Waals surface area contributed by atoms with E-state index in [1.165, 1.54) is 0 Å². The number of hydrogen-bond donors (Lipinski definition) is 1. The van der Waals surface area contributed by atoms with Gasteiger partial charge >= 0.3 is 0 Å². The number of nitrogens with zero attached hydrogens (tertiary/aromatic N) is 4. The third kappa shape index (κ3) is 4.40. The van der Waals surface area contributed by atoms with Gasteiger partial charge < -0.3 is 14.7 Å². The molecule has 0 aliphatic carbocycles. The van der Waals surface area contributed by atoms with Crippen LogP contribution < -0.4 is 5.32 Å². The molecule has 1 N–H and O–H groups in total. The van der Waals surface area contributed by atoms with E-state index < -0.39 is 0 Å². The van der Waals surface area contributed by atoms with Gasteiger partial charge in [0, 0.05) is 24.7 Å². The maximum atomic E-state index is 12.7. The van der Waals surface area contributed by atoms with Gasteiger partial charge in [0.05, 0.1) is 35.6 Å². The molecule has 7 heteroatoms. The van der Waals surface area contributed by atoms with Crippen LogP contribution in [0.25, 0.3) is 10.9 Å². The fourth-order valence-corrected chi connectivity index (χ4v) is 3.03. The first-order valence-electron chi connectivity index (χ1n) is 9.31. The van der Waals surface area contributed by atoms with Crippen LogP contribution in [-0.2, 0) is 13.1 Å². The van der Waals surface area contributed by atoms with Crippen molar-refractivity contribution < 1.29 is 9.32 Å². The molecule has 0 unspecified atom stereocenters. The summed E-state index contributed by atoms with van der Waals surface area (Å²) in [5.74, 6) is 1.28. The first-order valence-corrected chi connectivity index (χ1v) is 9.31. The van der Waals surface area contributed by atoms with Crippen molar-refractivity contribution >= 4 is 22.6 Å². The summed E-state index contributed by atoms with van der Waals surface area (Å²) < 4.78 is 5.16. The molecule has 1 aromatic carbocycles. The second kappa shape index (κ2) is 8.10. The Hall–Kier alpha value is -3.74. The van der Waals surface area contributed by atoms with E-state index in [0.717, 1.165) is 28.1 Å². The van der Waals surface area contributed by atoms with Gasteiger partial charge in [-0.1, -0.05) is 29.4 Å². The van der Waals surface area contributed by atoms with E-state index in [0.29, 0.717) is 24.5 Å². The molecule has 0 atom stereocenters. The molecule has 0 fully saturated rings. The molecule has 146 valence electrons. The molecular formula is C22H21N5O2. The first-order chi connectivity index (χ1) is 14.1. The zero-order valence-corrected chi connectivity index (χ0v) is 16.3. The van der Waals surface area contributed by atoms with E-state index in [-0.39, 0.29) is 5.91 Å². The van der Waals surface area contributed by atoms with Crippen LogP contribution in [0.4, 0.5) is 5.82 Å². The van der Waals surface area contributed by atoms with Gasteiger partial charge in [-0.2, -0.15) is 0 Å². The largest absolute Gasteiger partial charge is 0.363 e. The highest BCUT2D eigenvalue weighted by atomic mass is 16.5. The molecule has 4 aromatic rings. The summed E-state index contributed by atoms with van der Waals surface area (Å²) in [4.78, 5) is 23.3. The number of benzene rings is 1. The van der Waals surface area contributed by atoms with Gasteiger partial charge in [-0.15, -0.1) is 0 Å². The smallest absolute Gasteiger partial charge is 0.255 e. The minimum absolute atomic E-state index is 0.107. The number of aryl methyl sites for hydroxylation is 1. The van der Waals surface area contributed by atoms with Gasteiger partial charge in [0.15, 0.2) is 5.76 Å². The van der Waals surface area contributed by atoms with Gasteiger partial charge in [0.25, 0.3) is 5.91 Å². The molecule has 0 saturated heterocycles. The van der Waals surface area contributed by atoms with Crippen LogP contribution in [0.1, 0.15) is 27.5 Å². The van der Waals surface area contributed by atoms with Crippen LogP contribution in [0.2, 0.25) is 0 Å². The highest BCUT2D eigenvalue weighted by Crippen LogP contribution is 2.14. The van der Waals surface area contributed by atoms with Crippen LogP contribution in [0.15, 0.2) is 65.3 Å². The second-order valence-electron chi connectivity index (χ2n) is 6.88. The summed E-state index contributed by atoms with van der Waals surface area (Å²) in [6.07, 6.45) is 1.57. The molecule has 0 aliphatic rings. The third-order valence-electron chi connectivity index (χ3n) is 4.53. The highest BCUT2D eigenvalue weighted by Gasteiger charge is 2.13. The number of hydrogen-bond acceptors (Lipinski definition) is 6. The molecule has 0 radical (unpaired) electrons. The predicted octanol–water partition coefficient (Wildman–Crippen LogP) is 3.81. The molecule has 29 heavy (non-hydrogen) atoms. The van der Waals surface area contributed by atoms with Crippen molar-refractivity contribution in [1.82, 2.24) is 20.0 Å².